The molecule has 2 unspecified atom stereocenters. The summed E-state index contributed by atoms with van der Waals surface area (Å²) < 4.78 is 5.61. The van der Waals surface area contributed by atoms with Crippen LogP contribution in [0.25, 0.3) is 0 Å². The van der Waals surface area contributed by atoms with Gasteiger partial charge in [0.25, 0.3) is 0 Å². The van der Waals surface area contributed by atoms with E-state index in [1.54, 1.807) is 0 Å². The van der Waals surface area contributed by atoms with Gasteiger partial charge in [0.1, 0.15) is 0 Å². The summed E-state index contributed by atoms with van der Waals surface area (Å²) in [6, 6.07) is 0.971. The normalized spacial score (nSPS) is 14.8. The highest BCUT2D eigenvalue weighted by Gasteiger charge is 2.17. The van der Waals surface area contributed by atoms with Crippen LogP contribution in [0, 0.1) is 5.92 Å². The Bertz CT molecular complexity index is 335. The maximum atomic E-state index is 5.61. The van der Waals surface area contributed by atoms with Crippen molar-refractivity contribution >= 4 is 6.01 Å². The van der Waals surface area contributed by atoms with E-state index in [1.165, 1.54) is 0 Å². The third kappa shape index (κ3) is 3.98. The predicted molar refractivity (Wildman–Crippen MR) is 73.5 cm³/mol. The van der Waals surface area contributed by atoms with Crippen molar-refractivity contribution in [2.45, 2.75) is 59.5 Å². The van der Waals surface area contributed by atoms with E-state index in [2.05, 4.69) is 48.5 Å². The molecule has 1 rings (SSSR count). The van der Waals surface area contributed by atoms with Crippen LogP contribution in [0.4, 0.5) is 6.01 Å². The van der Waals surface area contributed by atoms with Crippen LogP contribution in [0.2, 0.25) is 0 Å². The molecule has 0 aliphatic rings. The summed E-state index contributed by atoms with van der Waals surface area (Å²) in [6.45, 7) is 11.5. The molecule has 5 heteroatoms. The fraction of sp³-hybridized carbons (Fsp3) is 0.846. The smallest absolute Gasteiger partial charge is 0.315 e. The molecule has 0 bridgehead atoms. The van der Waals surface area contributed by atoms with Crippen molar-refractivity contribution in [3.8, 4) is 0 Å². The van der Waals surface area contributed by atoms with Crippen molar-refractivity contribution in [1.82, 2.24) is 15.5 Å². The number of anilines is 1. The van der Waals surface area contributed by atoms with Crippen LogP contribution in [0.5, 0.6) is 0 Å². The molecule has 1 heterocycles. The van der Waals surface area contributed by atoms with Crippen LogP contribution >= 0.6 is 0 Å². The van der Waals surface area contributed by atoms with E-state index in [-0.39, 0.29) is 6.04 Å². The molecule has 0 saturated heterocycles. The summed E-state index contributed by atoms with van der Waals surface area (Å²) in [6.07, 6.45) is 2.30. The fourth-order valence-corrected chi connectivity index (χ4v) is 2.17. The largest absolute Gasteiger partial charge is 0.406 e. The Hall–Kier alpha value is -1.10. The number of rotatable bonds is 8. The Morgan fingerprint density at radius 1 is 1.11 bits per heavy atom. The van der Waals surface area contributed by atoms with E-state index in [9.17, 15) is 0 Å². The van der Waals surface area contributed by atoms with Gasteiger partial charge >= 0.3 is 6.01 Å². The summed E-state index contributed by atoms with van der Waals surface area (Å²) in [4.78, 5) is 0. The summed E-state index contributed by atoms with van der Waals surface area (Å²) >= 11 is 0. The highest BCUT2D eigenvalue weighted by atomic mass is 16.4. The molecule has 0 saturated carbocycles. The minimum absolute atomic E-state index is 0.0986. The number of aromatic nitrogens is 2. The predicted octanol–water partition coefficient (Wildman–Crippen LogP) is 2.98. The molecule has 2 atom stereocenters. The average molecular weight is 254 g/mol. The van der Waals surface area contributed by atoms with Crippen molar-refractivity contribution in [3.05, 3.63) is 5.89 Å². The van der Waals surface area contributed by atoms with E-state index < -0.39 is 0 Å². The molecule has 0 radical (unpaired) electrons. The molecule has 0 spiro atoms. The van der Waals surface area contributed by atoms with E-state index in [4.69, 9.17) is 4.42 Å². The van der Waals surface area contributed by atoms with E-state index in [0.717, 1.165) is 19.4 Å². The van der Waals surface area contributed by atoms with Gasteiger partial charge in [0, 0.05) is 6.04 Å². The molecule has 0 aromatic carbocycles. The number of hydrogen-bond donors (Lipinski definition) is 2. The van der Waals surface area contributed by atoms with E-state index in [1.807, 2.05) is 6.92 Å². The van der Waals surface area contributed by atoms with Crippen LogP contribution in [0.15, 0.2) is 4.42 Å². The molecule has 18 heavy (non-hydrogen) atoms. The lowest BCUT2D eigenvalue weighted by atomic mass is 9.96. The van der Waals surface area contributed by atoms with Crippen molar-refractivity contribution < 1.29 is 4.42 Å². The van der Waals surface area contributed by atoms with Gasteiger partial charge < -0.3 is 15.1 Å². The lowest BCUT2D eigenvalue weighted by Gasteiger charge is -2.21. The second-order valence-corrected chi connectivity index (χ2v) is 4.73. The third-order valence-electron chi connectivity index (χ3n) is 3.43. The first-order chi connectivity index (χ1) is 8.62. The SMILES string of the molecule is CCNC(C)c1nnc(NC(C)C(CC)CC)o1. The molecule has 0 fully saturated rings. The minimum atomic E-state index is 0.0986. The van der Waals surface area contributed by atoms with Gasteiger partial charge in [-0.2, -0.15) is 0 Å². The summed E-state index contributed by atoms with van der Waals surface area (Å²) in [5, 5.41) is 14.6. The standard InChI is InChI=1S/C13H26N4O/c1-6-11(7-2)9(4)15-13-17-16-12(18-13)10(5)14-8-3/h9-11,14H,6-8H2,1-5H3,(H,15,17). The summed E-state index contributed by atoms with van der Waals surface area (Å²) in [5.41, 5.74) is 0. The van der Waals surface area contributed by atoms with E-state index >= 15 is 0 Å². The number of nitrogens with zero attached hydrogens (tertiary/aromatic N) is 2. The van der Waals surface area contributed by atoms with Crippen LogP contribution in [-0.2, 0) is 0 Å². The zero-order valence-electron chi connectivity index (χ0n) is 12.2. The van der Waals surface area contributed by atoms with Crippen LogP contribution in [0.1, 0.15) is 59.4 Å². The van der Waals surface area contributed by atoms with Gasteiger partial charge in [-0.15, -0.1) is 5.10 Å². The second-order valence-electron chi connectivity index (χ2n) is 4.73. The molecule has 1 aromatic heterocycles. The number of hydrogen-bond acceptors (Lipinski definition) is 5. The number of nitrogens with one attached hydrogen (secondary N) is 2. The monoisotopic (exact) mass is 254 g/mol. The Balaban J connectivity index is 2.58. The molecule has 5 nitrogen and oxygen atoms in total. The molecular formula is C13H26N4O. The maximum absolute atomic E-state index is 5.61. The van der Waals surface area contributed by atoms with Gasteiger partial charge in [-0.25, -0.2) is 0 Å². The van der Waals surface area contributed by atoms with Gasteiger partial charge in [0.15, 0.2) is 0 Å². The second kappa shape index (κ2) is 7.36. The lowest BCUT2D eigenvalue weighted by molar-refractivity contribution is 0.405. The molecule has 0 amide bonds. The maximum Gasteiger partial charge on any atom is 0.315 e. The van der Waals surface area contributed by atoms with Gasteiger partial charge in [0.05, 0.1) is 6.04 Å². The van der Waals surface area contributed by atoms with Crippen molar-refractivity contribution in [3.63, 3.8) is 0 Å². The first kappa shape index (κ1) is 15.0. The molecule has 0 aliphatic carbocycles. The van der Waals surface area contributed by atoms with Gasteiger partial charge in [-0.1, -0.05) is 38.7 Å². The van der Waals surface area contributed by atoms with Crippen LogP contribution < -0.4 is 10.6 Å². The average Bonchev–Trinajstić information content (AvgIpc) is 2.79. The zero-order valence-corrected chi connectivity index (χ0v) is 12.2. The van der Waals surface area contributed by atoms with E-state index in [0.29, 0.717) is 23.9 Å². The molecule has 2 N–H and O–H groups in total. The van der Waals surface area contributed by atoms with Crippen molar-refractivity contribution in [2.75, 3.05) is 11.9 Å². The summed E-state index contributed by atoms with van der Waals surface area (Å²) in [5.74, 6) is 1.27. The highest BCUT2D eigenvalue weighted by Crippen LogP contribution is 2.19. The summed E-state index contributed by atoms with van der Waals surface area (Å²) in [7, 11) is 0. The first-order valence-electron chi connectivity index (χ1n) is 6.95. The zero-order chi connectivity index (χ0) is 13.5. The fourth-order valence-electron chi connectivity index (χ4n) is 2.17. The molecule has 104 valence electrons. The van der Waals surface area contributed by atoms with Gasteiger partial charge in [0.2, 0.25) is 5.89 Å². The quantitative estimate of drug-likeness (QED) is 0.746. The first-order valence-corrected chi connectivity index (χ1v) is 6.95. The minimum Gasteiger partial charge on any atom is -0.406 e. The van der Waals surface area contributed by atoms with Crippen molar-refractivity contribution in [2.24, 2.45) is 5.92 Å². The molecular weight excluding hydrogens is 228 g/mol. The Morgan fingerprint density at radius 3 is 2.33 bits per heavy atom. The van der Waals surface area contributed by atoms with Gasteiger partial charge in [-0.05, 0) is 26.3 Å². The molecule has 1 aromatic rings. The third-order valence-corrected chi connectivity index (χ3v) is 3.43. The van der Waals surface area contributed by atoms with Crippen LogP contribution in [-0.4, -0.2) is 22.8 Å². The Morgan fingerprint density at radius 2 is 1.78 bits per heavy atom. The topological polar surface area (TPSA) is 63.0 Å². The Kier molecular flexibility index (Phi) is 6.12. The lowest BCUT2D eigenvalue weighted by Crippen LogP contribution is -2.25. The molecule has 0 aliphatic heterocycles. The van der Waals surface area contributed by atoms with Gasteiger partial charge in [-0.3, -0.25) is 0 Å². The van der Waals surface area contributed by atoms with Crippen LogP contribution in [0.3, 0.4) is 0 Å². The Labute approximate surface area is 110 Å². The highest BCUT2D eigenvalue weighted by molar-refractivity contribution is 5.19. The van der Waals surface area contributed by atoms with Crippen molar-refractivity contribution in [1.29, 1.82) is 0 Å².